The Bertz CT molecular complexity index is 845. The number of aliphatic carboxylic acids is 2. The van der Waals surface area contributed by atoms with Crippen LogP contribution in [-0.4, -0.2) is 58.0 Å². The number of ether oxygens (including phenoxy) is 3. The van der Waals surface area contributed by atoms with E-state index in [1.165, 1.54) is 10.5 Å². The maximum atomic E-state index is 9.04. The molecule has 1 heterocycles. The van der Waals surface area contributed by atoms with Crippen molar-refractivity contribution in [3.63, 3.8) is 0 Å². The normalized spacial score (nSPS) is 14.7. The quantitative estimate of drug-likeness (QED) is 0.671. The molecule has 29 heavy (non-hydrogen) atoms. The van der Waals surface area contributed by atoms with Gasteiger partial charge < -0.3 is 34.1 Å². The Morgan fingerprint density at radius 1 is 1.10 bits per heavy atom. The Morgan fingerprint density at radius 2 is 1.66 bits per heavy atom. The summed E-state index contributed by atoms with van der Waals surface area (Å²) in [5.74, 6) is -1.47. The lowest BCUT2D eigenvalue weighted by Gasteiger charge is -2.29. The maximum Gasteiger partial charge on any atom is 0.351 e. The summed E-state index contributed by atoms with van der Waals surface area (Å²) in [6.45, 7) is 0.726. The molecule has 0 fully saturated rings. The van der Waals surface area contributed by atoms with E-state index in [1.54, 1.807) is 14.2 Å². The van der Waals surface area contributed by atoms with Crippen molar-refractivity contribution >= 4 is 11.9 Å². The lowest BCUT2D eigenvalue weighted by molar-refractivity contribution is -0.886. The van der Waals surface area contributed by atoms with E-state index < -0.39 is 11.9 Å². The molecule has 0 saturated carbocycles. The lowest BCUT2D eigenvalue weighted by atomic mass is 9.94. The van der Waals surface area contributed by atoms with E-state index in [2.05, 4.69) is 32.3 Å². The first kappa shape index (κ1) is 22.0. The first-order valence-corrected chi connectivity index (χ1v) is 9.00. The van der Waals surface area contributed by atoms with E-state index in [1.807, 2.05) is 18.2 Å². The van der Waals surface area contributed by atoms with Gasteiger partial charge in [0.1, 0.15) is 29.9 Å². The highest BCUT2D eigenvalue weighted by molar-refractivity contribution is 6.26. The molecule has 2 N–H and O–H groups in total. The first-order valence-electron chi connectivity index (χ1n) is 9.00. The van der Waals surface area contributed by atoms with Crippen LogP contribution in [0.25, 0.3) is 11.1 Å². The monoisotopic (exact) mass is 403 g/mol. The average molecular weight is 403 g/mol. The van der Waals surface area contributed by atoms with Crippen LogP contribution in [0.1, 0.15) is 5.56 Å². The molecular weight excluding hydrogens is 378 g/mol. The van der Waals surface area contributed by atoms with Crippen LogP contribution >= 0.6 is 0 Å². The lowest BCUT2D eigenvalue weighted by Crippen LogP contribution is -3.11. The van der Waals surface area contributed by atoms with Gasteiger partial charge in [0.15, 0.2) is 5.97 Å². The van der Waals surface area contributed by atoms with Gasteiger partial charge in [0.25, 0.3) is 0 Å². The molecule has 1 aliphatic heterocycles. The molecule has 0 bridgehead atoms. The molecular formula is C21H25NO7. The minimum absolute atomic E-state index is 0.484. The summed E-state index contributed by atoms with van der Waals surface area (Å²) in [7, 11) is 7.71. The Kier molecular flexibility index (Phi) is 7.44. The zero-order valence-electron chi connectivity index (χ0n) is 16.9. The van der Waals surface area contributed by atoms with Crippen molar-refractivity contribution in [1.29, 1.82) is 0 Å². The highest BCUT2D eigenvalue weighted by Gasteiger charge is 2.28. The van der Waals surface area contributed by atoms with Gasteiger partial charge in [-0.2, -0.15) is 0 Å². The molecule has 1 atom stereocenters. The molecule has 1 aliphatic rings. The van der Waals surface area contributed by atoms with Gasteiger partial charge in [0.2, 0.25) is 0 Å². The highest BCUT2D eigenvalue weighted by Crippen LogP contribution is 2.44. The van der Waals surface area contributed by atoms with E-state index in [-0.39, 0.29) is 0 Å². The number of para-hydroxylation sites is 1. The van der Waals surface area contributed by atoms with Crippen LogP contribution in [0.5, 0.6) is 17.2 Å². The molecule has 0 spiro atoms. The molecule has 0 aliphatic carbocycles. The van der Waals surface area contributed by atoms with Gasteiger partial charge in [-0.3, -0.25) is 0 Å². The van der Waals surface area contributed by atoms with Crippen LogP contribution in [0.4, 0.5) is 0 Å². The van der Waals surface area contributed by atoms with E-state index in [9.17, 15) is 0 Å². The van der Waals surface area contributed by atoms with Crippen molar-refractivity contribution in [2.75, 3.05) is 34.9 Å². The number of likely N-dealkylation sites (N-methyl/N-ethyl adjacent to an activating group) is 1. The fourth-order valence-electron chi connectivity index (χ4n) is 3.11. The van der Waals surface area contributed by atoms with Crippen molar-refractivity contribution in [2.45, 2.75) is 12.5 Å². The number of hydrogen-bond donors (Lipinski definition) is 2. The first-order chi connectivity index (χ1) is 13.8. The zero-order valence-corrected chi connectivity index (χ0v) is 16.9. The molecule has 0 radical (unpaired) electrons. The third-order valence-corrected chi connectivity index (χ3v) is 4.68. The van der Waals surface area contributed by atoms with Crippen molar-refractivity contribution in [2.24, 2.45) is 0 Å². The summed E-state index contributed by atoms with van der Waals surface area (Å²) < 4.78 is 17.3. The molecule has 2 aromatic rings. The predicted octanol–water partition coefficient (Wildman–Crippen LogP) is -0.360. The Labute approximate surface area is 169 Å². The van der Waals surface area contributed by atoms with Crippen LogP contribution in [0.15, 0.2) is 36.4 Å². The summed E-state index contributed by atoms with van der Waals surface area (Å²) in [6, 6.07) is 12.6. The summed E-state index contributed by atoms with van der Waals surface area (Å²) in [5, 5.41) is 16.3. The smallest absolute Gasteiger partial charge is 0.351 e. The zero-order chi connectivity index (χ0) is 21.6. The van der Waals surface area contributed by atoms with Gasteiger partial charge in [-0.15, -0.1) is 0 Å². The predicted molar refractivity (Wildman–Crippen MR) is 103 cm³/mol. The second-order valence-electron chi connectivity index (χ2n) is 6.71. The number of carbonyl (C=O) groups is 2. The number of rotatable bonds is 4. The summed E-state index contributed by atoms with van der Waals surface area (Å²) in [4.78, 5) is 19.4. The topological polar surface area (TPSA) is 110 Å². The second kappa shape index (κ2) is 9.79. The fourth-order valence-corrected chi connectivity index (χ4v) is 3.11. The van der Waals surface area contributed by atoms with Gasteiger partial charge >= 0.3 is 5.97 Å². The number of benzene rings is 2. The Morgan fingerprint density at radius 3 is 2.14 bits per heavy atom. The minimum atomic E-state index is -2.07. The second-order valence-corrected chi connectivity index (χ2v) is 6.71. The minimum Gasteiger partial charge on any atom is -0.539 e. The third kappa shape index (κ3) is 5.17. The number of carboxylic acids is 2. The molecule has 0 unspecified atom stereocenters. The van der Waals surface area contributed by atoms with Crippen molar-refractivity contribution in [3.05, 3.63) is 42.0 Å². The van der Waals surface area contributed by atoms with Crippen molar-refractivity contribution < 1.29 is 38.9 Å². The van der Waals surface area contributed by atoms with E-state index >= 15 is 0 Å². The molecule has 3 rings (SSSR count). The molecule has 8 heteroatoms. The fraction of sp³-hybridized carbons (Fsp3) is 0.333. The standard InChI is InChI=1S/C19H23NO3.C2H2O4/c1-20(2)14-11-13-7-5-8-15(19(13)23-12-14)18-16(21-3)9-6-10-17(18)22-4;3-1(4)2(5)6/h5-10,14H,11-12H2,1-4H3;(H,3,4)(H,5,6)/t14-;/m1./s1. The largest absolute Gasteiger partial charge is 0.539 e. The third-order valence-electron chi connectivity index (χ3n) is 4.68. The number of nitrogens with one attached hydrogen (secondary N) is 1. The molecule has 0 aromatic heterocycles. The van der Waals surface area contributed by atoms with Gasteiger partial charge in [-0.05, 0) is 12.1 Å². The van der Waals surface area contributed by atoms with Gasteiger partial charge in [-0.1, -0.05) is 24.3 Å². The molecule has 2 aromatic carbocycles. The van der Waals surface area contributed by atoms with Crippen LogP contribution in [0.3, 0.4) is 0 Å². The summed E-state index contributed by atoms with van der Waals surface area (Å²) in [5.41, 5.74) is 3.22. The SMILES string of the molecule is COc1cccc(OC)c1-c1cccc2c1OC[C@H]([NH+](C)C)C2.O=C([O-])C(=O)O. The average Bonchev–Trinajstić information content (AvgIpc) is 2.72. The summed E-state index contributed by atoms with van der Waals surface area (Å²) >= 11 is 0. The van der Waals surface area contributed by atoms with Crippen LogP contribution in [0, 0.1) is 0 Å². The maximum absolute atomic E-state index is 9.04. The van der Waals surface area contributed by atoms with Crippen molar-refractivity contribution in [3.8, 4) is 28.4 Å². The van der Waals surface area contributed by atoms with E-state index in [0.29, 0.717) is 6.04 Å². The van der Waals surface area contributed by atoms with Crippen LogP contribution in [-0.2, 0) is 16.0 Å². The number of carboxylic acid groups (broad SMARTS) is 2. The number of methoxy groups -OCH3 is 2. The number of quaternary nitrogens is 1. The molecule has 8 nitrogen and oxygen atoms in total. The van der Waals surface area contributed by atoms with Gasteiger partial charge in [-0.25, -0.2) is 4.79 Å². The molecule has 0 saturated heterocycles. The Hall–Kier alpha value is -3.26. The number of fused-ring (bicyclic) bond motifs is 1. The van der Waals surface area contributed by atoms with Crippen LogP contribution < -0.4 is 24.2 Å². The van der Waals surface area contributed by atoms with Crippen molar-refractivity contribution in [1.82, 2.24) is 0 Å². The van der Waals surface area contributed by atoms with E-state index in [0.717, 1.165) is 41.4 Å². The molecule has 0 amide bonds. The Balaban J connectivity index is 0.000000438. The molecule has 156 valence electrons. The summed E-state index contributed by atoms with van der Waals surface area (Å²) in [6.07, 6.45) is 1.02. The highest BCUT2D eigenvalue weighted by atomic mass is 16.5. The van der Waals surface area contributed by atoms with Gasteiger partial charge in [0.05, 0.1) is 33.9 Å². The van der Waals surface area contributed by atoms with Gasteiger partial charge in [0, 0.05) is 17.5 Å². The number of hydrogen-bond acceptors (Lipinski definition) is 6. The number of carbonyl (C=O) groups excluding carboxylic acids is 1. The van der Waals surface area contributed by atoms with E-state index in [4.69, 9.17) is 34.0 Å². The van der Waals surface area contributed by atoms with Crippen LogP contribution in [0.2, 0.25) is 0 Å².